The summed E-state index contributed by atoms with van der Waals surface area (Å²) in [6.45, 7) is 2.26. The molecule has 0 saturated heterocycles. The lowest BCUT2D eigenvalue weighted by Crippen LogP contribution is -2.53. The van der Waals surface area contributed by atoms with E-state index in [0.717, 1.165) is 23.4 Å². The third kappa shape index (κ3) is 1.70. The highest BCUT2D eigenvalue weighted by atomic mass is 16.1. The van der Waals surface area contributed by atoms with E-state index in [1.54, 1.807) is 6.07 Å². The molecule has 0 aliphatic heterocycles. The van der Waals surface area contributed by atoms with Crippen molar-refractivity contribution in [3.8, 4) is 0 Å². The lowest BCUT2D eigenvalue weighted by Gasteiger charge is -2.57. The van der Waals surface area contributed by atoms with E-state index in [1.807, 2.05) is 6.92 Å². The number of aromatic nitrogens is 2. The monoisotopic (exact) mass is 273 g/mol. The Morgan fingerprint density at radius 1 is 1.25 bits per heavy atom. The molecule has 0 amide bonds. The van der Waals surface area contributed by atoms with Crippen molar-refractivity contribution in [1.29, 1.82) is 0 Å². The first-order valence-corrected chi connectivity index (χ1v) is 7.90. The third-order valence-electron chi connectivity index (χ3n) is 5.83. The third-order valence-corrected chi connectivity index (χ3v) is 5.83. The number of aryl methyl sites for hydroxylation is 1. The maximum absolute atomic E-state index is 11.9. The standard InChI is InChI=1S/C16H23N3O/c1-10-2-15(20)14(9-17)18-19(10)16-6-11-3-12(7-16)5-13(4-11)8-16/h2,11-13H,3-9,17H2,1H3. The van der Waals surface area contributed by atoms with E-state index in [1.165, 1.54) is 38.5 Å². The Morgan fingerprint density at radius 2 is 1.80 bits per heavy atom. The van der Waals surface area contributed by atoms with Gasteiger partial charge in [-0.3, -0.25) is 9.48 Å². The van der Waals surface area contributed by atoms with Gasteiger partial charge in [0.2, 0.25) is 5.43 Å². The number of rotatable bonds is 2. The number of nitrogens with zero attached hydrogens (tertiary/aromatic N) is 2. The summed E-state index contributed by atoms with van der Waals surface area (Å²) in [6, 6.07) is 1.73. The molecule has 20 heavy (non-hydrogen) atoms. The Kier molecular flexibility index (Phi) is 2.62. The van der Waals surface area contributed by atoms with E-state index in [4.69, 9.17) is 5.73 Å². The van der Waals surface area contributed by atoms with Crippen LogP contribution in [0.25, 0.3) is 0 Å². The minimum atomic E-state index is -0.00835. The molecule has 4 saturated carbocycles. The molecule has 1 heterocycles. The molecule has 0 aromatic carbocycles. The van der Waals surface area contributed by atoms with Crippen LogP contribution in [0.1, 0.15) is 49.9 Å². The van der Waals surface area contributed by atoms with Gasteiger partial charge in [-0.25, -0.2) is 0 Å². The zero-order chi connectivity index (χ0) is 13.9. The van der Waals surface area contributed by atoms with Gasteiger partial charge < -0.3 is 5.73 Å². The van der Waals surface area contributed by atoms with Crippen molar-refractivity contribution in [2.45, 2.75) is 57.5 Å². The van der Waals surface area contributed by atoms with E-state index in [2.05, 4.69) is 9.78 Å². The fraction of sp³-hybridized carbons (Fsp3) is 0.750. The van der Waals surface area contributed by atoms with Gasteiger partial charge in [-0.1, -0.05) is 0 Å². The summed E-state index contributed by atoms with van der Waals surface area (Å²) in [7, 11) is 0. The molecule has 4 aliphatic carbocycles. The van der Waals surface area contributed by atoms with Crippen molar-refractivity contribution in [3.63, 3.8) is 0 Å². The van der Waals surface area contributed by atoms with Crippen LogP contribution in [0.15, 0.2) is 10.9 Å². The van der Waals surface area contributed by atoms with Crippen molar-refractivity contribution in [2.75, 3.05) is 0 Å². The highest BCUT2D eigenvalue weighted by Gasteiger charge is 2.52. The van der Waals surface area contributed by atoms with Crippen LogP contribution < -0.4 is 11.2 Å². The van der Waals surface area contributed by atoms with E-state index in [0.29, 0.717) is 5.69 Å². The second-order valence-corrected chi connectivity index (χ2v) is 7.35. The van der Waals surface area contributed by atoms with Crippen LogP contribution in [-0.4, -0.2) is 9.78 Å². The summed E-state index contributed by atoms with van der Waals surface area (Å²) >= 11 is 0. The molecule has 0 atom stereocenters. The molecule has 1 aromatic rings. The summed E-state index contributed by atoms with van der Waals surface area (Å²) in [6.07, 6.45) is 8.01. The van der Waals surface area contributed by atoms with Crippen molar-refractivity contribution >= 4 is 0 Å². The van der Waals surface area contributed by atoms with Gasteiger partial charge in [0, 0.05) is 18.3 Å². The Balaban J connectivity index is 1.82. The summed E-state index contributed by atoms with van der Waals surface area (Å²) < 4.78 is 2.18. The highest BCUT2D eigenvalue weighted by Crippen LogP contribution is 2.58. The van der Waals surface area contributed by atoms with Gasteiger partial charge in [0.05, 0.1) is 5.54 Å². The fourth-order valence-electron chi connectivity index (χ4n) is 5.53. The molecule has 2 N–H and O–H groups in total. The minimum absolute atomic E-state index is 0.00835. The van der Waals surface area contributed by atoms with Gasteiger partial charge in [0.1, 0.15) is 5.69 Å². The molecule has 0 unspecified atom stereocenters. The molecule has 4 fully saturated rings. The highest BCUT2D eigenvalue weighted by molar-refractivity contribution is 5.13. The van der Waals surface area contributed by atoms with Crippen LogP contribution in [0, 0.1) is 24.7 Å². The SMILES string of the molecule is Cc1cc(=O)c(CN)nn1C12CC3CC(CC(C3)C1)C2. The molecule has 108 valence electrons. The average Bonchev–Trinajstić information content (AvgIpc) is 2.36. The van der Waals surface area contributed by atoms with Gasteiger partial charge in [-0.2, -0.15) is 5.10 Å². The van der Waals surface area contributed by atoms with E-state index >= 15 is 0 Å². The molecule has 0 spiro atoms. The van der Waals surface area contributed by atoms with Crippen molar-refractivity contribution in [2.24, 2.45) is 23.5 Å². The average molecular weight is 273 g/mol. The summed E-state index contributed by atoms with van der Waals surface area (Å²) in [5.74, 6) is 2.63. The van der Waals surface area contributed by atoms with Gasteiger partial charge in [0.15, 0.2) is 0 Å². The largest absolute Gasteiger partial charge is 0.325 e. The molecule has 4 aliphatic rings. The molecule has 1 aromatic heterocycles. The fourth-order valence-corrected chi connectivity index (χ4v) is 5.53. The second-order valence-electron chi connectivity index (χ2n) is 7.35. The van der Waals surface area contributed by atoms with Crippen molar-refractivity contribution in [1.82, 2.24) is 9.78 Å². The molecular weight excluding hydrogens is 250 g/mol. The van der Waals surface area contributed by atoms with Gasteiger partial charge in [0.25, 0.3) is 0 Å². The van der Waals surface area contributed by atoms with Crippen LogP contribution in [0.4, 0.5) is 0 Å². The van der Waals surface area contributed by atoms with Crippen LogP contribution in [0.5, 0.6) is 0 Å². The van der Waals surface area contributed by atoms with Crippen molar-refractivity contribution in [3.05, 3.63) is 27.7 Å². The summed E-state index contributed by atoms with van der Waals surface area (Å²) in [5.41, 5.74) is 7.38. The zero-order valence-corrected chi connectivity index (χ0v) is 12.1. The topological polar surface area (TPSA) is 60.9 Å². The Morgan fingerprint density at radius 3 is 2.30 bits per heavy atom. The minimum Gasteiger partial charge on any atom is -0.325 e. The number of hydrogen-bond acceptors (Lipinski definition) is 3. The molecule has 0 radical (unpaired) electrons. The van der Waals surface area contributed by atoms with Crippen LogP contribution in [0.3, 0.4) is 0 Å². The molecule has 4 bridgehead atoms. The van der Waals surface area contributed by atoms with Crippen LogP contribution >= 0.6 is 0 Å². The van der Waals surface area contributed by atoms with Gasteiger partial charge in [-0.05, 0) is 63.2 Å². The van der Waals surface area contributed by atoms with E-state index < -0.39 is 0 Å². The first-order chi connectivity index (χ1) is 9.59. The molecule has 4 nitrogen and oxygen atoms in total. The lowest BCUT2D eigenvalue weighted by molar-refractivity contribution is -0.0515. The predicted molar refractivity (Wildman–Crippen MR) is 77.3 cm³/mol. The lowest BCUT2D eigenvalue weighted by atomic mass is 9.53. The maximum Gasteiger partial charge on any atom is 0.204 e. The summed E-state index contributed by atoms with van der Waals surface area (Å²) in [4.78, 5) is 11.9. The van der Waals surface area contributed by atoms with E-state index in [-0.39, 0.29) is 17.5 Å². The first-order valence-electron chi connectivity index (χ1n) is 7.90. The van der Waals surface area contributed by atoms with Gasteiger partial charge >= 0.3 is 0 Å². The smallest absolute Gasteiger partial charge is 0.204 e. The molecular formula is C16H23N3O. The maximum atomic E-state index is 11.9. The molecule has 5 rings (SSSR count). The van der Waals surface area contributed by atoms with Crippen LogP contribution in [-0.2, 0) is 12.1 Å². The van der Waals surface area contributed by atoms with Crippen molar-refractivity contribution < 1.29 is 0 Å². The quantitative estimate of drug-likeness (QED) is 0.895. The first kappa shape index (κ1) is 12.6. The zero-order valence-electron chi connectivity index (χ0n) is 12.1. The summed E-state index contributed by atoms with van der Waals surface area (Å²) in [5, 5.41) is 4.66. The number of hydrogen-bond donors (Lipinski definition) is 1. The second kappa shape index (κ2) is 4.17. The Labute approximate surface area is 119 Å². The predicted octanol–water partition coefficient (Wildman–Crippen LogP) is 1.94. The number of nitrogens with two attached hydrogens (primary N) is 1. The molecule has 4 heteroatoms. The van der Waals surface area contributed by atoms with Gasteiger partial charge in [-0.15, -0.1) is 0 Å². The van der Waals surface area contributed by atoms with E-state index in [9.17, 15) is 4.79 Å². The Hall–Kier alpha value is -1.16. The Bertz CT molecular complexity index is 569. The normalized spacial score (nSPS) is 38.4. The van der Waals surface area contributed by atoms with Crippen LogP contribution in [0.2, 0.25) is 0 Å².